The van der Waals surface area contributed by atoms with Gasteiger partial charge in [-0.05, 0) is 18.8 Å². The average molecular weight is 353 g/mol. The van der Waals surface area contributed by atoms with Crippen LogP contribution in [0.4, 0.5) is 18.0 Å². The number of rotatable bonds is 7. The van der Waals surface area contributed by atoms with Crippen LogP contribution in [0.3, 0.4) is 0 Å². The molecule has 1 rings (SSSR count). The van der Waals surface area contributed by atoms with Crippen LogP contribution >= 0.6 is 0 Å². The minimum atomic E-state index is -4.42. The molecule has 3 amide bonds. The van der Waals surface area contributed by atoms with Crippen molar-refractivity contribution < 1.29 is 27.5 Å². The smallest absolute Gasteiger partial charge is 0.383 e. The van der Waals surface area contributed by atoms with Gasteiger partial charge in [0, 0.05) is 19.7 Å². The number of ether oxygens (including phenoxy) is 1. The van der Waals surface area contributed by atoms with Crippen LogP contribution < -0.4 is 10.6 Å². The van der Waals surface area contributed by atoms with Crippen LogP contribution in [0.15, 0.2) is 0 Å². The van der Waals surface area contributed by atoms with E-state index in [1.165, 1.54) is 7.11 Å². The van der Waals surface area contributed by atoms with E-state index in [4.69, 9.17) is 4.74 Å². The molecule has 0 bridgehead atoms. The van der Waals surface area contributed by atoms with Crippen molar-refractivity contribution in [3.8, 4) is 0 Å². The number of carbonyl (C=O) groups excluding carboxylic acids is 2. The number of carbonyl (C=O) groups is 2. The number of hydrogen-bond acceptors (Lipinski definition) is 4. The second-order valence-corrected chi connectivity index (χ2v) is 6.21. The van der Waals surface area contributed by atoms with E-state index < -0.39 is 31.2 Å². The molecule has 6 nitrogen and oxygen atoms in total. The van der Waals surface area contributed by atoms with E-state index in [0.29, 0.717) is 5.92 Å². The molecule has 0 aromatic carbocycles. The molecule has 9 heteroatoms. The number of urea groups is 1. The van der Waals surface area contributed by atoms with Gasteiger partial charge in [-0.25, -0.2) is 4.79 Å². The first-order valence-corrected chi connectivity index (χ1v) is 8.09. The summed E-state index contributed by atoms with van der Waals surface area (Å²) in [5, 5.41) is 4.83. The maximum absolute atomic E-state index is 12.5. The zero-order valence-corrected chi connectivity index (χ0v) is 14.1. The fourth-order valence-electron chi connectivity index (χ4n) is 2.79. The van der Waals surface area contributed by atoms with Crippen molar-refractivity contribution in [2.24, 2.45) is 5.92 Å². The summed E-state index contributed by atoms with van der Waals surface area (Å²) in [6.07, 6.45) is -0.439. The lowest BCUT2D eigenvalue weighted by atomic mass is 9.86. The Morgan fingerprint density at radius 2 is 1.92 bits per heavy atom. The minimum Gasteiger partial charge on any atom is -0.383 e. The molecule has 24 heavy (non-hydrogen) atoms. The molecule has 1 fully saturated rings. The minimum absolute atomic E-state index is 0.00804. The Hall–Kier alpha value is -1.35. The van der Waals surface area contributed by atoms with E-state index in [9.17, 15) is 22.8 Å². The second kappa shape index (κ2) is 9.83. The standard InChI is InChI=1S/C15H26F3N3O3/c1-11-5-3-4-6-12(11)19-14(23)20-13(22)9-21(7-8-24-2)10-15(16,17)18/h11-12H,3-10H2,1-2H3,(H2,19,20,22,23). The van der Waals surface area contributed by atoms with Crippen LogP contribution in [0.1, 0.15) is 32.6 Å². The number of nitrogens with zero attached hydrogens (tertiary/aromatic N) is 1. The number of imide groups is 1. The number of nitrogens with one attached hydrogen (secondary N) is 2. The highest BCUT2D eigenvalue weighted by molar-refractivity contribution is 5.95. The van der Waals surface area contributed by atoms with Gasteiger partial charge < -0.3 is 10.1 Å². The summed E-state index contributed by atoms with van der Waals surface area (Å²) in [5.41, 5.74) is 0. The predicted octanol–water partition coefficient (Wildman–Crippen LogP) is 1.90. The Kier molecular flexibility index (Phi) is 8.47. The first-order chi connectivity index (χ1) is 11.2. The molecule has 1 aliphatic rings. The molecule has 0 heterocycles. The molecule has 2 atom stereocenters. The van der Waals surface area contributed by atoms with Crippen molar-refractivity contribution in [1.29, 1.82) is 0 Å². The van der Waals surface area contributed by atoms with Crippen molar-refractivity contribution in [3.05, 3.63) is 0 Å². The first kappa shape index (κ1) is 20.7. The number of halogens is 3. The van der Waals surface area contributed by atoms with E-state index in [1.807, 2.05) is 6.92 Å². The van der Waals surface area contributed by atoms with Crippen molar-refractivity contribution >= 4 is 11.9 Å². The van der Waals surface area contributed by atoms with Crippen LogP contribution in [0, 0.1) is 5.92 Å². The summed E-state index contributed by atoms with van der Waals surface area (Å²) in [7, 11) is 1.37. The number of alkyl halides is 3. The van der Waals surface area contributed by atoms with Gasteiger partial charge in [0.25, 0.3) is 0 Å². The first-order valence-electron chi connectivity index (χ1n) is 8.09. The molecule has 140 valence electrons. The van der Waals surface area contributed by atoms with Crippen LogP contribution in [-0.4, -0.2) is 62.4 Å². The van der Waals surface area contributed by atoms with E-state index in [2.05, 4.69) is 10.6 Å². The number of hydrogen-bond donors (Lipinski definition) is 2. The third kappa shape index (κ3) is 8.49. The van der Waals surface area contributed by atoms with Crippen LogP contribution in [0.2, 0.25) is 0 Å². The van der Waals surface area contributed by atoms with Gasteiger partial charge in [-0.15, -0.1) is 0 Å². The van der Waals surface area contributed by atoms with Crippen molar-refractivity contribution in [2.45, 2.75) is 44.8 Å². The molecule has 0 aromatic rings. The van der Waals surface area contributed by atoms with Gasteiger partial charge in [0.2, 0.25) is 5.91 Å². The lowest BCUT2D eigenvalue weighted by molar-refractivity contribution is -0.149. The molecular weight excluding hydrogens is 327 g/mol. The largest absolute Gasteiger partial charge is 0.401 e. The number of methoxy groups -OCH3 is 1. The Balaban J connectivity index is 2.44. The maximum Gasteiger partial charge on any atom is 0.401 e. The number of amides is 3. The summed E-state index contributed by atoms with van der Waals surface area (Å²) in [4.78, 5) is 24.6. The summed E-state index contributed by atoms with van der Waals surface area (Å²) in [6, 6.07) is -0.663. The molecule has 2 unspecified atom stereocenters. The average Bonchev–Trinajstić information content (AvgIpc) is 2.45. The van der Waals surface area contributed by atoms with Crippen LogP contribution in [0.25, 0.3) is 0 Å². The Bertz CT molecular complexity index is 419. The third-order valence-corrected chi connectivity index (χ3v) is 4.06. The summed E-state index contributed by atoms with van der Waals surface area (Å²) < 4.78 is 42.3. The van der Waals surface area contributed by atoms with Crippen molar-refractivity contribution in [3.63, 3.8) is 0 Å². The maximum atomic E-state index is 12.5. The molecule has 1 aliphatic carbocycles. The third-order valence-electron chi connectivity index (χ3n) is 4.06. The van der Waals surface area contributed by atoms with Crippen LogP contribution in [-0.2, 0) is 9.53 Å². The fraction of sp³-hybridized carbons (Fsp3) is 0.867. The normalized spacial score (nSPS) is 21.6. The lowest BCUT2D eigenvalue weighted by Crippen LogP contribution is -2.50. The van der Waals surface area contributed by atoms with Gasteiger partial charge in [0.05, 0.1) is 19.7 Å². The summed E-state index contributed by atoms with van der Waals surface area (Å²) in [6.45, 7) is 0.295. The molecule has 0 radical (unpaired) electrons. The second-order valence-electron chi connectivity index (χ2n) is 6.21. The molecule has 0 saturated heterocycles. The highest BCUT2D eigenvalue weighted by atomic mass is 19.4. The molecule has 0 aromatic heterocycles. The van der Waals surface area contributed by atoms with Crippen LogP contribution in [0.5, 0.6) is 0 Å². The fourth-order valence-corrected chi connectivity index (χ4v) is 2.79. The van der Waals surface area contributed by atoms with E-state index in [0.717, 1.165) is 30.6 Å². The van der Waals surface area contributed by atoms with Crippen molar-refractivity contribution in [2.75, 3.05) is 33.4 Å². The monoisotopic (exact) mass is 353 g/mol. The molecular formula is C15H26F3N3O3. The predicted molar refractivity (Wildman–Crippen MR) is 82.5 cm³/mol. The highest BCUT2D eigenvalue weighted by Gasteiger charge is 2.31. The summed E-state index contributed by atoms with van der Waals surface area (Å²) in [5.74, 6) is -0.445. The lowest BCUT2D eigenvalue weighted by Gasteiger charge is -2.29. The SMILES string of the molecule is COCCN(CC(=O)NC(=O)NC1CCCCC1C)CC(F)(F)F. The van der Waals surface area contributed by atoms with Gasteiger partial charge in [0.1, 0.15) is 0 Å². The van der Waals surface area contributed by atoms with E-state index >= 15 is 0 Å². The summed E-state index contributed by atoms with van der Waals surface area (Å²) >= 11 is 0. The highest BCUT2D eigenvalue weighted by Crippen LogP contribution is 2.23. The van der Waals surface area contributed by atoms with Crippen molar-refractivity contribution in [1.82, 2.24) is 15.5 Å². The van der Waals surface area contributed by atoms with Gasteiger partial charge in [-0.1, -0.05) is 19.8 Å². The zero-order chi connectivity index (χ0) is 18.2. The van der Waals surface area contributed by atoms with Gasteiger partial charge in [-0.2, -0.15) is 13.2 Å². The van der Waals surface area contributed by atoms with Gasteiger partial charge in [-0.3, -0.25) is 15.0 Å². The van der Waals surface area contributed by atoms with Gasteiger partial charge in [0.15, 0.2) is 0 Å². The van der Waals surface area contributed by atoms with E-state index in [1.54, 1.807) is 0 Å². The molecule has 2 N–H and O–H groups in total. The molecule has 0 aliphatic heterocycles. The quantitative estimate of drug-likeness (QED) is 0.733. The molecule has 1 saturated carbocycles. The van der Waals surface area contributed by atoms with Gasteiger partial charge >= 0.3 is 12.2 Å². The Morgan fingerprint density at radius 1 is 1.25 bits per heavy atom. The topological polar surface area (TPSA) is 70.7 Å². The zero-order valence-electron chi connectivity index (χ0n) is 14.1. The Labute approximate surface area is 140 Å². The molecule has 0 spiro atoms. The van der Waals surface area contributed by atoms with E-state index in [-0.39, 0.29) is 19.2 Å². The Morgan fingerprint density at radius 3 is 2.50 bits per heavy atom.